The van der Waals surface area contributed by atoms with Gasteiger partial charge in [-0.3, -0.25) is 33.6 Å². The summed E-state index contributed by atoms with van der Waals surface area (Å²) in [6.07, 6.45) is 12.8. The Kier molecular flexibility index (Phi) is 11.5. The molecule has 0 radical (unpaired) electrons. The molecular formula is C43H67FN6O7S. The molecule has 5 saturated carbocycles. The Morgan fingerprint density at radius 3 is 2.09 bits per heavy atom. The number of nitrogens with one attached hydrogen (secondary N) is 4. The summed E-state index contributed by atoms with van der Waals surface area (Å²) >= 11 is 0. The van der Waals surface area contributed by atoms with Gasteiger partial charge in [-0.2, -0.15) is 0 Å². The average Bonchev–Trinajstić information content (AvgIpc) is 4.10. The summed E-state index contributed by atoms with van der Waals surface area (Å²) in [6.45, 7) is 14.4. The molecule has 0 aromatic rings. The zero-order chi connectivity index (χ0) is 42.1. The lowest BCUT2D eigenvalue weighted by Gasteiger charge is -2.39. The van der Waals surface area contributed by atoms with Crippen LogP contribution in [0.5, 0.6) is 0 Å². The van der Waals surface area contributed by atoms with Crippen LogP contribution in [0, 0.1) is 33.5 Å². The van der Waals surface area contributed by atoms with Gasteiger partial charge in [0, 0.05) is 24.4 Å². The third kappa shape index (κ3) is 7.29. The SMILES string of the molecule is C=C[C@@H]1C[C@]1(NC(=O)[C@@H]1C[C@@]2(CN1C(=O)[C@@H](NC(=O)[C@@H](NC(=O)[C@@H]1CCCCN1CCF)C1CCCCC1)C(C)(C)C)C(C)(C)C21CCC1)C(=O)NS(=O)(=O)C1CC1. The molecule has 324 valence electrons. The zero-order valence-corrected chi connectivity index (χ0v) is 36.1. The van der Waals surface area contributed by atoms with Gasteiger partial charge in [0.2, 0.25) is 33.7 Å². The minimum atomic E-state index is -3.88. The van der Waals surface area contributed by atoms with E-state index < -0.39 is 86.6 Å². The molecule has 4 N–H and O–H groups in total. The number of amides is 5. The number of piperidine rings is 1. The van der Waals surface area contributed by atoms with Gasteiger partial charge in [-0.1, -0.05) is 72.8 Å². The molecule has 15 heteroatoms. The first-order chi connectivity index (χ1) is 27.3. The van der Waals surface area contributed by atoms with Gasteiger partial charge in [0.25, 0.3) is 5.91 Å². The van der Waals surface area contributed by atoms with Crippen LogP contribution in [0.15, 0.2) is 12.7 Å². The maximum atomic E-state index is 15.2. The number of halogens is 1. The van der Waals surface area contributed by atoms with Gasteiger partial charge in [0.1, 0.15) is 30.3 Å². The van der Waals surface area contributed by atoms with E-state index in [0.29, 0.717) is 38.8 Å². The van der Waals surface area contributed by atoms with Crippen LogP contribution in [-0.4, -0.2) is 109 Å². The molecule has 7 rings (SSSR count). The summed E-state index contributed by atoms with van der Waals surface area (Å²) in [6, 6.07) is -3.45. The largest absolute Gasteiger partial charge is 0.343 e. The molecule has 0 aromatic heterocycles. The van der Waals surface area contributed by atoms with Crippen LogP contribution in [0.4, 0.5) is 4.39 Å². The molecule has 0 unspecified atom stereocenters. The second kappa shape index (κ2) is 15.4. The van der Waals surface area contributed by atoms with Gasteiger partial charge in [-0.25, -0.2) is 12.8 Å². The minimum Gasteiger partial charge on any atom is -0.343 e. The Balaban J connectivity index is 1.15. The predicted octanol–water partition coefficient (Wildman–Crippen LogP) is 3.87. The van der Waals surface area contributed by atoms with Gasteiger partial charge >= 0.3 is 0 Å². The van der Waals surface area contributed by atoms with Crippen LogP contribution in [-0.2, 0) is 34.0 Å². The van der Waals surface area contributed by atoms with E-state index >= 15 is 4.79 Å². The molecule has 2 aliphatic heterocycles. The Morgan fingerprint density at radius 1 is 0.862 bits per heavy atom. The molecule has 13 nitrogen and oxygen atoms in total. The molecule has 0 bridgehead atoms. The molecule has 2 saturated heterocycles. The average molecular weight is 831 g/mol. The lowest BCUT2D eigenvalue weighted by Crippen LogP contribution is -2.63. The van der Waals surface area contributed by atoms with Crippen molar-refractivity contribution in [2.24, 2.45) is 33.5 Å². The second-order valence-corrected chi connectivity index (χ2v) is 22.4. The van der Waals surface area contributed by atoms with Gasteiger partial charge in [-0.05, 0) is 92.9 Å². The van der Waals surface area contributed by atoms with Crippen molar-refractivity contribution in [3.05, 3.63) is 12.7 Å². The van der Waals surface area contributed by atoms with Crippen molar-refractivity contribution in [3.8, 4) is 0 Å². The van der Waals surface area contributed by atoms with Crippen molar-refractivity contribution < 1.29 is 36.8 Å². The van der Waals surface area contributed by atoms with Crippen LogP contribution >= 0.6 is 0 Å². The normalized spacial score (nSPS) is 32.7. The molecule has 7 aliphatic rings. The van der Waals surface area contributed by atoms with E-state index in [4.69, 9.17) is 0 Å². The molecule has 5 amide bonds. The van der Waals surface area contributed by atoms with Crippen LogP contribution in [0.1, 0.15) is 131 Å². The first-order valence-corrected chi connectivity index (χ1v) is 23.6. The van der Waals surface area contributed by atoms with E-state index in [1.165, 1.54) is 0 Å². The summed E-state index contributed by atoms with van der Waals surface area (Å²) < 4.78 is 41.4. The van der Waals surface area contributed by atoms with Crippen LogP contribution < -0.4 is 20.7 Å². The molecule has 2 spiro atoms. The highest BCUT2D eigenvalue weighted by Gasteiger charge is 2.85. The standard InChI is InChI=1S/C43H67FN6O7S/c1-7-28-24-43(28,38(55)48-58(56,57)29-17-18-29)47-35(52)31-25-42(40(5,6)41(42)19-13-20-41)26-50(31)37(54)33(39(2,3)4)46-36(53)32(27-14-9-8-10-15-27)45-34(51)30-16-11-12-22-49(30)23-21-44/h7,27-33H,1,8-26H2,2-6H3,(H,45,51)(H,46,53)(H,47,52)(H,48,55)/t28-,30+,31+,32+,33-,42-,43-/m1/s1. The van der Waals surface area contributed by atoms with E-state index in [1.807, 2.05) is 25.7 Å². The third-order valence-corrected chi connectivity index (χ3v) is 17.9. The Labute approximate surface area is 344 Å². The van der Waals surface area contributed by atoms with Crippen molar-refractivity contribution >= 4 is 39.6 Å². The number of likely N-dealkylation sites (tertiary alicyclic amines) is 2. The third-order valence-electron chi connectivity index (χ3n) is 16.0. The summed E-state index contributed by atoms with van der Waals surface area (Å²) in [7, 11) is -3.88. The fraction of sp³-hybridized carbons (Fsp3) is 0.837. The summed E-state index contributed by atoms with van der Waals surface area (Å²) in [5.74, 6) is -3.07. The maximum Gasteiger partial charge on any atom is 0.259 e. The van der Waals surface area contributed by atoms with Crippen molar-refractivity contribution in [1.29, 1.82) is 0 Å². The molecule has 58 heavy (non-hydrogen) atoms. The maximum absolute atomic E-state index is 15.2. The van der Waals surface area contributed by atoms with E-state index in [0.717, 1.165) is 64.2 Å². The monoisotopic (exact) mass is 830 g/mol. The number of carbonyl (C=O) groups excluding carboxylic acids is 5. The summed E-state index contributed by atoms with van der Waals surface area (Å²) in [4.78, 5) is 75.5. The highest BCUT2D eigenvalue weighted by molar-refractivity contribution is 7.91. The van der Waals surface area contributed by atoms with E-state index in [2.05, 4.69) is 41.1 Å². The van der Waals surface area contributed by atoms with E-state index in [1.54, 1.807) is 11.0 Å². The van der Waals surface area contributed by atoms with E-state index in [9.17, 15) is 32.0 Å². The number of sulfonamides is 1. The predicted molar refractivity (Wildman–Crippen MR) is 217 cm³/mol. The number of fused-ring (bicyclic) bond motifs is 1. The number of alkyl halides is 1. The quantitative estimate of drug-likeness (QED) is 0.191. The Morgan fingerprint density at radius 2 is 1.53 bits per heavy atom. The van der Waals surface area contributed by atoms with E-state index in [-0.39, 0.29) is 41.0 Å². The lowest BCUT2D eigenvalue weighted by molar-refractivity contribution is -0.145. The molecule has 5 aliphatic carbocycles. The molecular weight excluding hydrogens is 764 g/mol. The van der Waals surface area contributed by atoms with Crippen molar-refractivity contribution in [2.75, 3.05) is 26.3 Å². The number of hydrogen-bond donors (Lipinski definition) is 4. The van der Waals surface area contributed by atoms with Crippen LogP contribution in [0.2, 0.25) is 0 Å². The number of hydrogen-bond acceptors (Lipinski definition) is 8. The number of carbonyl (C=O) groups is 5. The van der Waals surface area contributed by atoms with Crippen molar-refractivity contribution in [1.82, 2.24) is 30.5 Å². The molecule has 7 atom stereocenters. The summed E-state index contributed by atoms with van der Waals surface area (Å²) in [5.41, 5.74) is -2.84. The van der Waals surface area contributed by atoms with Gasteiger partial charge in [-0.15, -0.1) is 6.58 Å². The summed E-state index contributed by atoms with van der Waals surface area (Å²) in [5, 5.41) is 8.49. The number of rotatable bonds is 14. The van der Waals surface area contributed by atoms with Crippen molar-refractivity contribution in [2.45, 2.75) is 166 Å². The van der Waals surface area contributed by atoms with Crippen LogP contribution in [0.25, 0.3) is 0 Å². The van der Waals surface area contributed by atoms with Crippen molar-refractivity contribution in [3.63, 3.8) is 0 Å². The zero-order valence-electron chi connectivity index (χ0n) is 35.3. The van der Waals surface area contributed by atoms with Gasteiger partial charge < -0.3 is 20.9 Å². The highest BCUT2D eigenvalue weighted by atomic mass is 32.2. The fourth-order valence-corrected chi connectivity index (χ4v) is 13.3. The fourth-order valence-electron chi connectivity index (χ4n) is 11.9. The minimum absolute atomic E-state index is 0.0316. The number of nitrogens with zero attached hydrogens (tertiary/aromatic N) is 2. The topological polar surface area (TPSA) is 174 Å². The first kappa shape index (κ1) is 43.0. The lowest BCUT2D eigenvalue weighted by atomic mass is 9.73. The Bertz CT molecular complexity index is 1780. The second-order valence-electron chi connectivity index (χ2n) is 20.4. The smallest absolute Gasteiger partial charge is 0.259 e. The molecule has 0 aromatic carbocycles. The highest BCUT2D eigenvalue weighted by Crippen LogP contribution is 2.88. The van der Waals surface area contributed by atoms with Gasteiger partial charge in [0.05, 0.1) is 11.3 Å². The molecule has 2 heterocycles. The Hall–Kier alpha value is -3.07. The van der Waals surface area contributed by atoms with Gasteiger partial charge in [0.15, 0.2) is 0 Å². The first-order valence-electron chi connectivity index (χ1n) is 22.0. The molecule has 7 fully saturated rings. The van der Waals surface area contributed by atoms with Crippen LogP contribution in [0.3, 0.4) is 0 Å².